The number of anilines is 6. The molecule has 0 bridgehead atoms. The third-order valence-corrected chi connectivity index (χ3v) is 18.9. The number of aromatic nitrogens is 1. The van der Waals surface area contributed by atoms with Crippen LogP contribution in [0.2, 0.25) is 15.1 Å². The maximum absolute atomic E-state index is 14.4. The number of aryl methyl sites for hydroxylation is 3. The minimum atomic E-state index is -1.04. The minimum Gasteiger partial charge on any atom is -0.508 e. The number of nitrogens with two attached hydrogens (primary N) is 1. The molecule has 508 valence electrons. The number of carbonyl (C=O) groups excluding carboxylic acids is 3. The molecule has 0 spiro atoms. The second kappa shape index (κ2) is 30.6. The predicted molar refractivity (Wildman–Crippen MR) is 422 cm³/mol. The Bertz CT molecular complexity index is 5430. The first kappa shape index (κ1) is 68.9. The van der Waals surface area contributed by atoms with Gasteiger partial charge in [-0.1, -0.05) is 222 Å². The standard InChI is InChI=1S/C33H24ClN3O2.C28H22ClN3O.C28H21ClN2O/c1-22-6-5-19-36(21-22)32-33(39)37(27-14-9-24(10-15-27)23-7-3-2-4-8-23)30-18-13-26(34)20-29(30)31(35-32)25-11-16-28(38)17-12-25;1-18-7-9-21(10-8-18)26-24-17-22(29)13-16-25(24)32(28(33)27(30)31-26)23-14-11-20(12-15-23)19-5-3-2-4-6-19;1-19-7-9-22(10-8-19)28-25-17-23(29)13-16-26(25)31(27(32)18-30-28)24-14-11-21(12-15-24)20-5-3-2-4-6-20/h2-21,32H,1H3;2-17,27H,30H2,1H3;2-17H,18H2,1H3/p+1. The highest BCUT2D eigenvalue weighted by molar-refractivity contribution is 6.33. The van der Waals surface area contributed by atoms with Crippen LogP contribution in [0.3, 0.4) is 0 Å². The zero-order valence-corrected chi connectivity index (χ0v) is 59.2. The highest BCUT2D eigenvalue weighted by Crippen LogP contribution is 2.41. The van der Waals surface area contributed by atoms with Gasteiger partial charge in [-0.05, 0) is 175 Å². The molecule has 3 aliphatic heterocycles. The summed E-state index contributed by atoms with van der Waals surface area (Å²) in [6.07, 6.45) is 1.86. The van der Waals surface area contributed by atoms with E-state index in [2.05, 4.69) is 53.5 Å². The highest BCUT2D eigenvalue weighted by Gasteiger charge is 2.39. The van der Waals surface area contributed by atoms with E-state index in [0.29, 0.717) is 37.9 Å². The summed E-state index contributed by atoms with van der Waals surface area (Å²) in [6, 6.07) is 97.8. The molecular formula is C89H68Cl3N8O4+. The summed E-state index contributed by atoms with van der Waals surface area (Å²) in [7, 11) is 0. The fraction of sp³-hybridized carbons (Fsp3) is 0.0674. The molecule has 3 amide bonds. The van der Waals surface area contributed by atoms with Crippen LogP contribution >= 0.6 is 34.8 Å². The first-order chi connectivity index (χ1) is 50.6. The van der Waals surface area contributed by atoms with E-state index in [4.69, 9.17) is 50.5 Å². The van der Waals surface area contributed by atoms with Gasteiger partial charge in [-0.15, -0.1) is 0 Å². The van der Waals surface area contributed by atoms with E-state index >= 15 is 0 Å². The Labute approximate surface area is 618 Å². The van der Waals surface area contributed by atoms with Crippen molar-refractivity contribution in [3.8, 4) is 39.1 Å². The molecule has 2 atom stereocenters. The molecular weight excluding hydrogens is 1350 g/mol. The van der Waals surface area contributed by atoms with E-state index in [1.165, 1.54) is 5.56 Å². The first-order valence-electron chi connectivity index (χ1n) is 33.8. The van der Waals surface area contributed by atoms with Crippen molar-refractivity contribution in [2.24, 2.45) is 20.7 Å². The third-order valence-electron chi connectivity index (χ3n) is 18.2. The number of rotatable bonds is 10. The zero-order valence-electron chi connectivity index (χ0n) is 56.9. The number of phenols is 1. The summed E-state index contributed by atoms with van der Waals surface area (Å²) >= 11 is 19.2. The number of aliphatic imine (C=N–C) groups is 3. The summed E-state index contributed by atoms with van der Waals surface area (Å²) in [4.78, 5) is 60.5. The van der Waals surface area contributed by atoms with E-state index in [-0.39, 0.29) is 30.0 Å². The molecule has 2 unspecified atom stereocenters. The molecule has 0 saturated carbocycles. The summed E-state index contributed by atoms with van der Waals surface area (Å²) in [5.74, 6) is -0.424. The Morgan fingerprint density at radius 2 is 0.731 bits per heavy atom. The Hall–Kier alpha value is -12.2. The van der Waals surface area contributed by atoms with Crippen LogP contribution in [-0.2, 0) is 14.4 Å². The quantitative estimate of drug-likeness (QED) is 0.131. The van der Waals surface area contributed by atoms with Crippen LogP contribution in [0.4, 0.5) is 34.1 Å². The van der Waals surface area contributed by atoms with Gasteiger partial charge in [0.2, 0.25) is 0 Å². The number of benzodiazepines with no additional fused rings is 3. The predicted octanol–water partition coefficient (Wildman–Crippen LogP) is 20.0. The molecule has 104 heavy (non-hydrogen) atoms. The molecule has 0 radical (unpaired) electrons. The summed E-state index contributed by atoms with van der Waals surface area (Å²) in [5, 5.41) is 11.6. The lowest BCUT2D eigenvalue weighted by Crippen LogP contribution is -2.47. The molecule has 3 N–H and O–H groups in total. The zero-order chi connectivity index (χ0) is 72.0. The van der Waals surface area contributed by atoms with Gasteiger partial charge in [-0.2, -0.15) is 4.57 Å². The largest absolute Gasteiger partial charge is 0.508 e. The maximum Gasteiger partial charge on any atom is 0.332 e. The highest BCUT2D eigenvalue weighted by atomic mass is 35.5. The van der Waals surface area contributed by atoms with Crippen LogP contribution in [0.1, 0.15) is 56.2 Å². The Kier molecular flexibility index (Phi) is 20.3. The third kappa shape index (κ3) is 14.9. The maximum atomic E-state index is 14.4. The van der Waals surface area contributed by atoms with E-state index in [1.54, 1.807) is 51.1 Å². The molecule has 12 nitrogen and oxygen atoms in total. The molecule has 16 rings (SSSR count). The molecule has 13 aromatic rings. The summed E-state index contributed by atoms with van der Waals surface area (Å²) in [5.41, 5.74) is 27.6. The van der Waals surface area contributed by atoms with Crippen LogP contribution in [0, 0.1) is 20.8 Å². The van der Waals surface area contributed by atoms with E-state index in [1.807, 2.05) is 256 Å². The lowest BCUT2D eigenvalue weighted by molar-refractivity contribution is -0.707. The van der Waals surface area contributed by atoms with E-state index < -0.39 is 12.3 Å². The molecule has 0 fully saturated rings. The van der Waals surface area contributed by atoms with Gasteiger partial charge in [-0.25, -0.2) is 4.99 Å². The van der Waals surface area contributed by atoms with Crippen LogP contribution in [-0.4, -0.2) is 52.7 Å². The van der Waals surface area contributed by atoms with Crippen LogP contribution in [0.15, 0.2) is 331 Å². The topological polar surface area (TPSA) is 148 Å². The summed E-state index contributed by atoms with van der Waals surface area (Å²) < 4.78 is 1.83. The van der Waals surface area contributed by atoms with Gasteiger partial charge in [0.1, 0.15) is 12.3 Å². The second-order valence-electron chi connectivity index (χ2n) is 25.3. The van der Waals surface area contributed by atoms with Crippen LogP contribution < -0.4 is 25.0 Å². The van der Waals surface area contributed by atoms with Gasteiger partial charge in [0.15, 0.2) is 18.6 Å². The van der Waals surface area contributed by atoms with Gasteiger partial charge in [0.25, 0.3) is 11.8 Å². The number of hydrogen-bond donors (Lipinski definition) is 2. The molecule has 12 aromatic carbocycles. The van der Waals surface area contributed by atoms with E-state index in [0.717, 1.165) is 106 Å². The first-order valence-corrected chi connectivity index (χ1v) is 35.0. The minimum absolute atomic E-state index is 0.0654. The van der Waals surface area contributed by atoms with Crippen molar-refractivity contribution >= 4 is 104 Å². The Morgan fingerprint density at radius 3 is 1.16 bits per heavy atom. The number of amides is 3. The number of pyridine rings is 1. The molecule has 0 saturated heterocycles. The number of hydrogen-bond acceptors (Lipinski definition) is 8. The lowest BCUT2D eigenvalue weighted by Gasteiger charge is -2.25. The number of halogens is 3. The normalized spacial score (nSPS) is 14.7. The van der Waals surface area contributed by atoms with Crippen molar-refractivity contribution in [1.29, 1.82) is 0 Å². The number of phenolic OH excluding ortho intramolecular Hbond substituents is 1. The van der Waals surface area contributed by atoms with Crippen molar-refractivity contribution in [3.63, 3.8) is 0 Å². The average Bonchev–Trinajstić information content (AvgIpc) is 1.59. The lowest BCUT2D eigenvalue weighted by atomic mass is 9.99. The van der Waals surface area contributed by atoms with Crippen molar-refractivity contribution in [2.75, 3.05) is 21.2 Å². The number of benzene rings is 12. The number of carbonyl (C=O) groups is 3. The second-order valence-corrected chi connectivity index (χ2v) is 26.7. The van der Waals surface area contributed by atoms with Crippen molar-refractivity contribution in [2.45, 2.75) is 33.1 Å². The molecule has 0 aliphatic carbocycles. The van der Waals surface area contributed by atoms with Crippen molar-refractivity contribution in [3.05, 3.63) is 381 Å². The van der Waals surface area contributed by atoms with Crippen LogP contribution in [0.5, 0.6) is 5.75 Å². The smallest absolute Gasteiger partial charge is 0.332 e. The van der Waals surface area contributed by atoms with Gasteiger partial charge < -0.3 is 10.8 Å². The van der Waals surface area contributed by atoms with Gasteiger partial charge in [-0.3, -0.25) is 39.1 Å². The molecule has 1 aromatic heterocycles. The SMILES string of the molecule is Cc1ccc(C2=NC(N)C(=O)N(c3ccc(-c4ccccc4)cc3)c3ccc(Cl)cc32)cc1.Cc1ccc(C2=NCC(=O)N(c3ccc(-c4ccccc4)cc3)c3ccc(Cl)cc32)cc1.Cc1ccc[n+](C2N=C(c3ccc(O)cc3)c3cc(Cl)ccc3N(c3ccc(-c4ccccc4)cc3)C2=O)c1. The monoisotopic (exact) mass is 1420 g/mol. The molecule has 15 heteroatoms. The van der Waals surface area contributed by atoms with Gasteiger partial charge in [0, 0.05) is 77.1 Å². The number of fused-ring (bicyclic) bond motifs is 3. The van der Waals surface area contributed by atoms with Crippen LogP contribution in [0.25, 0.3) is 33.4 Å². The average molecular weight is 1420 g/mol. The fourth-order valence-electron chi connectivity index (χ4n) is 12.9. The number of nitrogens with zero attached hydrogens (tertiary/aromatic N) is 7. The Balaban J connectivity index is 0.000000132. The van der Waals surface area contributed by atoms with Gasteiger partial charge in [0.05, 0.1) is 34.2 Å². The summed E-state index contributed by atoms with van der Waals surface area (Å²) in [6.45, 7) is 6.13. The van der Waals surface area contributed by atoms with Gasteiger partial charge >= 0.3 is 12.1 Å². The fourth-order valence-corrected chi connectivity index (χ4v) is 13.5. The molecule has 4 heterocycles. The molecule has 3 aliphatic rings. The number of aromatic hydroxyl groups is 1. The van der Waals surface area contributed by atoms with Crippen molar-refractivity contribution < 1.29 is 24.1 Å². The van der Waals surface area contributed by atoms with E-state index in [9.17, 15) is 19.5 Å². The van der Waals surface area contributed by atoms with Crippen molar-refractivity contribution in [1.82, 2.24) is 0 Å². The Morgan fingerprint density at radius 1 is 0.375 bits per heavy atom.